The van der Waals surface area contributed by atoms with Crippen molar-refractivity contribution in [3.8, 4) is 0 Å². The summed E-state index contributed by atoms with van der Waals surface area (Å²) in [7, 11) is 0. The highest BCUT2D eigenvalue weighted by molar-refractivity contribution is 7.18. The van der Waals surface area contributed by atoms with Gasteiger partial charge in [0.25, 0.3) is 5.91 Å². The number of alkyl halides is 3. The van der Waals surface area contributed by atoms with Crippen LogP contribution in [0.4, 0.5) is 13.2 Å². The number of carbonyl (C=O) groups is 1. The maximum absolute atomic E-state index is 12.6. The average Bonchev–Trinajstić information content (AvgIpc) is 3.46. The van der Waals surface area contributed by atoms with Gasteiger partial charge in [0.1, 0.15) is 0 Å². The monoisotopic (exact) mass is 548 g/mol. The highest BCUT2D eigenvalue weighted by atomic mass is 32.1. The van der Waals surface area contributed by atoms with E-state index in [-0.39, 0.29) is 12.3 Å². The Hall–Kier alpha value is -2.17. The first kappa shape index (κ1) is 26.4. The van der Waals surface area contributed by atoms with Gasteiger partial charge in [0, 0.05) is 42.6 Å². The van der Waals surface area contributed by atoms with Crippen molar-refractivity contribution in [1.82, 2.24) is 14.9 Å². The summed E-state index contributed by atoms with van der Waals surface area (Å²) >= 11 is 3.08. The SMILES string of the molecule is Cc1nc2cc(C(=O)N=CC3CCC(CCN4CCc5sc(CCC(F)(F)F)nc5C4)CC3)ccc2s1. The number of aryl methyl sites for hydroxylation is 2. The van der Waals surface area contributed by atoms with E-state index in [4.69, 9.17) is 0 Å². The Kier molecular flexibility index (Phi) is 8.07. The number of amides is 1. The molecule has 1 amide bonds. The summed E-state index contributed by atoms with van der Waals surface area (Å²) in [6, 6.07) is 5.60. The van der Waals surface area contributed by atoms with Crippen molar-refractivity contribution in [1.29, 1.82) is 0 Å². The van der Waals surface area contributed by atoms with Gasteiger partial charge in [-0.25, -0.2) is 15.0 Å². The molecule has 1 saturated carbocycles. The van der Waals surface area contributed by atoms with Crippen molar-refractivity contribution < 1.29 is 18.0 Å². The first-order chi connectivity index (χ1) is 17.7. The summed E-state index contributed by atoms with van der Waals surface area (Å²) < 4.78 is 38.7. The molecule has 0 N–H and O–H groups in total. The second-order valence-corrected chi connectivity index (χ2v) is 12.6. The summed E-state index contributed by atoms with van der Waals surface area (Å²) in [6.07, 6.45) is 3.26. The second-order valence-electron chi connectivity index (χ2n) is 10.2. The summed E-state index contributed by atoms with van der Waals surface area (Å²) in [5.41, 5.74) is 2.41. The van der Waals surface area contributed by atoms with Gasteiger partial charge < -0.3 is 0 Å². The lowest BCUT2D eigenvalue weighted by Gasteiger charge is -2.30. The van der Waals surface area contributed by atoms with E-state index >= 15 is 0 Å². The summed E-state index contributed by atoms with van der Waals surface area (Å²) in [5, 5.41) is 1.60. The molecule has 0 radical (unpaired) electrons. The molecule has 2 aromatic heterocycles. The van der Waals surface area contributed by atoms with E-state index in [9.17, 15) is 18.0 Å². The Morgan fingerprint density at radius 3 is 2.78 bits per heavy atom. The van der Waals surface area contributed by atoms with E-state index in [1.165, 1.54) is 11.3 Å². The highest BCUT2D eigenvalue weighted by Crippen LogP contribution is 2.32. The molecule has 5 nitrogen and oxygen atoms in total. The van der Waals surface area contributed by atoms with E-state index in [0.717, 1.165) is 84.0 Å². The third kappa shape index (κ3) is 7.03. The molecule has 0 unspecified atom stereocenters. The van der Waals surface area contributed by atoms with Gasteiger partial charge in [-0.15, -0.1) is 22.7 Å². The summed E-state index contributed by atoms with van der Waals surface area (Å²) in [6.45, 7) is 4.65. The van der Waals surface area contributed by atoms with Crippen molar-refractivity contribution in [2.75, 3.05) is 13.1 Å². The van der Waals surface area contributed by atoms with E-state index in [2.05, 4.69) is 19.9 Å². The fourth-order valence-corrected chi connectivity index (χ4v) is 7.14. The molecular weight excluding hydrogens is 517 g/mol. The molecule has 37 heavy (non-hydrogen) atoms. The number of benzene rings is 1. The quantitative estimate of drug-likeness (QED) is 0.298. The topological polar surface area (TPSA) is 58.5 Å². The predicted molar refractivity (Wildman–Crippen MR) is 143 cm³/mol. The Balaban J connectivity index is 1.04. The molecule has 1 fully saturated rings. The molecule has 1 aliphatic heterocycles. The van der Waals surface area contributed by atoms with Gasteiger partial charge in [0.15, 0.2) is 0 Å². The lowest BCUT2D eigenvalue weighted by molar-refractivity contribution is -0.134. The molecule has 1 aromatic carbocycles. The van der Waals surface area contributed by atoms with Crippen molar-refractivity contribution >= 4 is 45.0 Å². The zero-order valence-electron chi connectivity index (χ0n) is 20.9. The Labute approximate surface area is 222 Å². The summed E-state index contributed by atoms with van der Waals surface area (Å²) in [5.74, 6) is 0.797. The van der Waals surface area contributed by atoms with Crippen LogP contribution in [0.3, 0.4) is 0 Å². The number of nitrogens with zero attached hydrogens (tertiary/aromatic N) is 4. The number of hydrogen-bond acceptors (Lipinski definition) is 6. The predicted octanol–water partition coefficient (Wildman–Crippen LogP) is 7.02. The zero-order chi connectivity index (χ0) is 26.0. The van der Waals surface area contributed by atoms with Crippen LogP contribution in [0.2, 0.25) is 0 Å². The van der Waals surface area contributed by atoms with Crippen LogP contribution in [0.25, 0.3) is 10.2 Å². The van der Waals surface area contributed by atoms with Crippen molar-refractivity contribution in [2.45, 2.75) is 71.0 Å². The number of rotatable bonds is 7. The number of hydrogen-bond donors (Lipinski definition) is 0. The maximum Gasteiger partial charge on any atom is 0.389 e. The van der Waals surface area contributed by atoms with E-state index < -0.39 is 12.6 Å². The van der Waals surface area contributed by atoms with Gasteiger partial charge in [0.2, 0.25) is 0 Å². The number of aliphatic imine (C=N–C) groups is 1. The molecule has 0 bridgehead atoms. The lowest BCUT2D eigenvalue weighted by atomic mass is 9.81. The lowest BCUT2D eigenvalue weighted by Crippen LogP contribution is -2.32. The van der Waals surface area contributed by atoms with Gasteiger partial charge in [-0.1, -0.05) is 0 Å². The Morgan fingerprint density at radius 2 is 2.00 bits per heavy atom. The second kappa shape index (κ2) is 11.3. The molecule has 2 aliphatic rings. The standard InChI is InChI=1S/C27H31F3N4OS2/c1-17-32-21-14-20(6-7-23(21)36-17)26(35)31-15-19-4-2-18(3-5-19)9-12-34-13-10-24-22(16-34)33-25(37-24)8-11-27(28,29)30/h6-7,14-15,18-19H,2-5,8-13,16H2,1H3. The van der Waals surface area contributed by atoms with Gasteiger partial charge >= 0.3 is 6.18 Å². The van der Waals surface area contributed by atoms with Crippen LogP contribution >= 0.6 is 22.7 Å². The largest absolute Gasteiger partial charge is 0.389 e. The van der Waals surface area contributed by atoms with Gasteiger partial charge in [-0.05, 0) is 82.0 Å². The number of thiazole rings is 2. The maximum atomic E-state index is 12.6. The normalized spacial score (nSPS) is 21.1. The van der Waals surface area contributed by atoms with E-state index in [1.807, 2.05) is 31.3 Å². The number of carbonyl (C=O) groups excluding carboxylic acids is 1. The fourth-order valence-electron chi connectivity index (χ4n) is 5.27. The minimum Gasteiger partial charge on any atom is -0.297 e. The number of halogens is 3. The van der Waals surface area contributed by atoms with Crippen LogP contribution in [-0.4, -0.2) is 46.3 Å². The molecule has 0 atom stereocenters. The molecule has 3 heterocycles. The minimum atomic E-state index is -4.13. The van der Waals surface area contributed by atoms with Crippen LogP contribution in [-0.2, 0) is 19.4 Å². The molecule has 5 rings (SSSR count). The highest BCUT2D eigenvalue weighted by Gasteiger charge is 2.28. The average molecular weight is 549 g/mol. The van der Waals surface area contributed by atoms with Crippen LogP contribution < -0.4 is 0 Å². The molecule has 0 spiro atoms. The van der Waals surface area contributed by atoms with Crippen LogP contribution in [0.15, 0.2) is 23.2 Å². The van der Waals surface area contributed by atoms with Crippen molar-refractivity contribution in [3.05, 3.63) is 44.3 Å². The molecule has 0 saturated heterocycles. The molecule has 10 heteroatoms. The van der Waals surface area contributed by atoms with Crippen LogP contribution in [0, 0.1) is 18.8 Å². The molecular formula is C27H31F3N4OS2. The minimum absolute atomic E-state index is 0.0139. The number of fused-ring (bicyclic) bond motifs is 2. The summed E-state index contributed by atoms with van der Waals surface area (Å²) in [4.78, 5) is 29.4. The molecule has 3 aromatic rings. The van der Waals surface area contributed by atoms with Crippen LogP contribution in [0.1, 0.15) is 69.5 Å². The Morgan fingerprint density at radius 1 is 1.19 bits per heavy atom. The van der Waals surface area contributed by atoms with Crippen LogP contribution in [0.5, 0.6) is 0 Å². The smallest absolute Gasteiger partial charge is 0.297 e. The van der Waals surface area contributed by atoms with E-state index in [1.54, 1.807) is 11.3 Å². The van der Waals surface area contributed by atoms with Gasteiger partial charge in [-0.3, -0.25) is 9.69 Å². The first-order valence-corrected chi connectivity index (χ1v) is 14.6. The third-order valence-electron chi connectivity index (χ3n) is 7.36. The molecule has 1 aliphatic carbocycles. The number of aromatic nitrogens is 2. The van der Waals surface area contributed by atoms with E-state index in [0.29, 0.717) is 22.4 Å². The third-order valence-corrected chi connectivity index (χ3v) is 9.53. The van der Waals surface area contributed by atoms with Crippen molar-refractivity contribution in [3.63, 3.8) is 0 Å². The molecule has 198 valence electrons. The fraction of sp³-hybridized carbons (Fsp3) is 0.556. The van der Waals surface area contributed by atoms with Gasteiger partial charge in [-0.2, -0.15) is 13.2 Å². The zero-order valence-corrected chi connectivity index (χ0v) is 22.5. The first-order valence-electron chi connectivity index (χ1n) is 12.9. The Bertz CT molecular complexity index is 1270. The van der Waals surface area contributed by atoms with Gasteiger partial charge in [0.05, 0.1) is 25.9 Å². The van der Waals surface area contributed by atoms with Crippen molar-refractivity contribution in [2.24, 2.45) is 16.8 Å².